The van der Waals surface area contributed by atoms with Crippen LogP contribution in [0.3, 0.4) is 0 Å². The van der Waals surface area contributed by atoms with Crippen molar-refractivity contribution < 1.29 is 14.7 Å². The van der Waals surface area contributed by atoms with Gasteiger partial charge in [-0.25, -0.2) is 0 Å². The molecule has 2 rings (SSSR count). The Morgan fingerprint density at radius 1 is 1.16 bits per heavy atom. The minimum absolute atomic E-state index is 0.0844. The third kappa shape index (κ3) is 3.35. The first kappa shape index (κ1) is 13.6. The van der Waals surface area contributed by atoms with Crippen LogP contribution in [-0.2, 0) is 4.79 Å². The van der Waals surface area contributed by atoms with E-state index in [1.807, 2.05) is 36.4 Å². The molecule has 0 heterocycles. The van der Waals surface area contributed by atoms with Crippen LogP contribution in [0, 0.1) is 5.92 Å². The molecule has 0 aliphatic heterocycles. The van der Waals surface area contributed by atoms with Crippen LogP contribution in [-0.4, -0.2) is 21.9 Å². The Labute approximate surface area is 115 Å². The highest BCUT2D eigenvalue weighted by Crippen LogP contribution is 2.20. The summed E-state index contributed by atoms with van der Waals surface area (Å²) in [5, 5.41) is 10.8. The maximum atomic E-state index is 12.0. The number of hydrogen-bond acceptors (Lipinski definition) is 3. The molecule has 0 radical (unpaired) electrons. The van der Waals surface area contributed by atoms with E-state index in [1.165, 1.54) is 0 Å². The lowest BCUT2D eigenvalue weighted by atomic mass is 10.1. The van der Waals surface area contributed by atoms with Crippen LogP contribution in [0.25, 0.3) is 10.8 Å². The molecule has 0 saturated carbocycles. The monoisotopic (exact) mass is 274 g/mol. The van der Waals surface area contributed by atoms with Crippen molar-refractivity contribution in [3.63, 3.8) is 0 Å². The predicted molar refractivity (Wildman–Crippen MR) is 77.5 cm³/mol. The molecule has 0 saturated heterocycles. The number of fused-ring (bicyclic) bond motifs is 1. The second-order valence-electron chi connectivity index (χ2n) is 4.40. The third-order valence-electron chi connectivity index (χ3n) is 2.87. The van der Waals surface area contributed by atoms with Gasteiger partial charge in [-0.15, -0.1) is 0 Å². The fourth-order valence-corrected chi connectivity index (χ4v) is 2.51. The van der Waals surface area contributed by atoms with Crippen molar-refractivity contribution in [3.8, 4) is 0 Å². The summed E-state index contributed by atoms with van der Waals surface area (Å²) in [5.41, 5.74) is 0.612. The first-order valence-electron chi connectivity index (χ1n) is 5.96. The van der Waals surface area contributed by atoms with Gasteiger partial charge in [-0.1, -0.05) is 49.0 Å². The van der Waals surface area contributed by atoms with Crippen LogP contribution < -0.4 is 0 Å². The number of rotatable bonds is 4. The summed E-state index contributed by atoms with van der Waals surface area (Å²) >= 11 is 1.05. The lowest BCUT2D eigenvalue weighted by Gasteiger charge is -2.05. The fourth-order valence-electron chi connectivity index (χ4n) is 1.67. The largest absolute Gasteiger partial charge is 0.481 e. The Kier molecular flexibility index (Phi) is 4.22. The normalized spacial score (nSPS) is 12.3. The molecule has 0 unspecified atom stereocenters. The van der Waals surface area contributed by atoms with Crippen molar-refractivity contribution in [3.05, 3.63) is 48.0 Å². The minimum atomic E-state index is -0.876. The molecule has 0 bridgehead atoms. The van der Waals surface area contributed by atoms with Gasteiger partial charge in [-0.2, -0.15) is 0 Å². The van der Waals surface area contributed by atoms with E-state index < -0.39 is 11.9 Å². The van der Waals surface area contributed by atoms with Gasteiger partial charge in [0, 0.05) is 11.3 Å². The van der Waals surface area contributed by atoms with E-state index in [2.05, 4.69) is 0 Å². The fraction of sp³-hybridized carbons (Fsp3) is 0.200. The van der Waals surface area contributed by atoms with Crippen LogP contribution in [0.2, 0.25) is 0 Å². The van der Waals surface area contributed by atoms with Gasteiger partial charge >= 0.3 is 5.97 Å². The van der Waals surface area contributed by atoms with Gasteiger partial charge < -0.3 is 5.11 Å². The summed E-state index contributed by atoms with van der Waals surface area (Å²) in [4.78, 5) is 22.7. The zero-order valence-corrected chi connectivity index (χ0v) is 11.3. The quantitative estimate of drug-likeness (QED) is 0.928. The van der Waals surface area contributed by atoms with Gasteiger partial charge in [-0.05, 0) is 22.9 Å². The van der Waals surface area contributed by atoms with Crippen LogP contribution in [0.15, 0.2) is 42.5 Å². The van der Waals surface area contributed by atoms with Gasteiger partial charge in [-0.3, -0.25) is 9.59 Å². The number of aliphatic carboxylic acids is 1. The molecule has 1 atom stereocenters. The Hall–Kier alpha value is -1.81. The molecular formula is C15H14O3S. The molecule has 1 N–H and O–H groups in total. The van der Waals surface area contributed by atoms with Crippen molar-refractivity contribution in [1.29, 1.82) is 0 Å². The van der Waals surface area contributed by atoms with Crippen LogP contribution in [0.1, 0.15) is 17.3 Å². The molecule has 19 heavy (non-hydrogen) atoms. The van der Waals surface area contributed by atoms with Gasteiger partial charge in [0.15, 0.2) is 0 Å². The van der Waals surface area contributed by atoms with Gasteiger partial charge in [0.25, 0.3) is 0 Å². The summed E-state index contributed by atoms with van der Waals surface area (Å²) in [6, 6.07) is 13.4. The van der Waals surface area contributed by atoms with E-state index in [-0.39, 0.29) is 5.12 Å². The van der Waals surface area contributed by atoms with Crippen molar-refractivity contribution in [2.24, 2.45) is 5.92 Å². The average molecular weight is 274 g/mol. The second-order valence-corrected chi connectivity index (χ2v) is 5.39. The maximum absolute atomic E-state index is 12.0. The van der Waals surface area contributed by atoms with Crippen LogP contribution in [0.5, 0.6) is 0 Å². The Morgan fingerprint density at radius 3 is 2.53 bits per heavy atom. The van der Waals surface area contributed by atoms with Crippen molar-refractivity contribution in [2.75, 3.05) is 5.75 Å². The van der Waals surface area contributed by atoms with Gasteiger partial charge in [0.05, 0.1) is 5.92 Å². The van der Waals surface area contributed by atoms with Gasteiger partial charge in [0.2, 0.25) is 5.12 Å². The highest BCUT2D eigenvalue weighted by Gasteiger charge is 2.14. The smallest absolute Gasteiger partial charge is 0.307 e. The van der Waals surface area contributed by atoms with E-state index >= 15 is 0 Å². The van der Waals surface area contributed by atoms with E-state index in [0.717, 1.165) is 22.5 Å². The zero-order valence-electron chi connectivity index (χ0n) is 10.5. The Morgan fingerprint density at radius 2 is 1.84 bits per heavy atom. The Balaban J connectivity index is 2.11. The number of benzene rings is 2. The minimum Gasteiger partial charge on any atom is -0.481 e. The van der Waals surface area contributed by atoms with E-state index in [9.17, 15) is 9.59 Å². The molecule has 0 amide bonds. The van der Waals surface area contributed by atoms with Crippen LogP contribution in [0.4, 0.5) is 0 Å². The lowest BCUT2D eigenvalue weighted by molar-refractivity contribution is -0.140. The number of hydrogen-bond donors (Lipinski definition) is 1. The molecule has 0 aliphatic carbocycles. The molecule has 98 valence electrons. The third-order valence-corrected chi connectivity index (χ3v) is 4.04. The molecule has 4 heteroatoms. The zero-order chi connectivity index (χ0) is 13.8. The van der Waals surface area contributed by atoms with Crippen molar-refractivity contribution in [1.82, 2.24) is 0 Å². The van der Waals surface area contributed by atoms with Crippen LogP contribution >= 0.6 is 11.8 Å². The summed E-state index contributed by atoms with van der Waals surface area (Å²) in [6.45, 7) is 1.60. The molecule has 0 fully saturated rings. The summed E-state index contributed by atoms with van der Waals surface area (Å²) in [5.74, 6) is -1.10. The topological polar surface area (TPSA) is 54.4 Å². The summed E-state index contributed by atoms with van der Waals surface area (Å²) < 4.78 is 0. The molecule has 0 spiro atoms. The first-order chi connectivity index (χ1) is 9.08. The first-order valence-corrected chi connectivity index (χ1v) is 6.95. The number of carbonyl (C=O) groups excluding carboxylic acids is 1. The van der Waals surface area contributed by atoms with E-state index in [4.69, 9.17) is 5.11 Å². The number of carboxylic acids is 1. The van der Waals surface area contributed by atoms with Crippen molar-refractivity contribution in [2.45, 2.75) is 6.92 Å². The molecule has 2 aromatic carbocycles. The standard InChI is InChI=1S/C15H14O3S/c1-10(14(16)17)9-19-15(18)13-7-6-11-4-2-3-5-12(11)8-13/h2-8,10H,9H2,1H3,(H,16,17)/t10-/m0/s1. The summed E-state index contributed by atoms with van der Waals surface area (Å²) in [7, 11) is 0. The lowest BCUT2D eigenvalue weighted by Crippen LogP contribution is -2.13. The molecule has 0 aromatic heterocycles. The SMILES string of the molecule is C[C@@H](CSC(=O)c1ccc2ccccc2c1)C(=O)O. The molecule has 0 aliphatic rings. The Bertz CT molecular complexity index is 622. The highest BCUT2D eigenvalue weighted by molar-refractivity contribution is 8.14. The van der Waals surface area contributed by atoms with Crippen molar-refractivity contribution >= 4 is 33.6 Å². The van der Waals surface area contributed by atoms with E-state index in [0.29, 0.717) is 11.3 Å². The predicted octanol–water partition coefficient (Wildman–Crippen LogP) is 3.43. The average Bonchev–Trinajstić information content (AvgIpc) is 2.43. The summed E-state index contributed by atoms with van der Waals surface area (Å²) in [6.07, 6.45) is 0. The number of thioether (sulfide) groups is 1. The number of carbonyl (C=O) groups is 2. The van der Waals surface area contributed by atoms with E-state index in [1.54, 1.807) is 13.0 Å². The highest BCUT2D eigenvalue weighted by atomic mass is 32.2. The molecule has 2 aromatic rings. The number of carboxylic acid groups (broad SMARTS) is 1. The maximum Gasteiger partial charge on any atom is 0.307 e. The van der Waals surface area contributed by atoms with Gasteiger partial charge in [0.1, 0.15) is 0 Å². The second kappa shape index (κ2) is 5.89. The molecule has 3 nitrogen and oxygen atoms in total. The molecular weight excluding hydrogens is 260 g/mol.